The highest BCUT2D eigenvalue weighted by Crippen LogP contribution is 2.21. The molecule has 144 valence electrons. The summed E-state index contributed by atoms with van der Waals surface area (Å²) in [5.74, 6) is 0.711. The second kappa shape index (κ2) is 7.99. The van der Waals surface area contributed by atoms with E-state index in [-0.39, 0.29) is 6.54 Å². The molecule has 0 saturated carbocycles. The molecule has 2 N–H and O–H groups in total. The minimum atomic E-state index is -0.641. The fourth-order valence-corrected chi connectivity index (χ4v) is 2.39. The number of ether oxygens (including phenoxy) is 1. The minimum Gasteiger partial charge on any atom is -0.443 e. The number of rotatable bonds is 4. The van der Waals surface area contributed by atoms with E-state index in [2.05, 4.69) is 20.4 Å². The number of hydrogen-bond acceptors (Lipinski definition) is 7. The molecule has 8 nitrogen and oxygen atoms in total. The van der Waals surface area contributed by atoms with Crippen molar-refractivity contribution in [3.63, 3.8) is 0 Å². The van der Waals surface area contributed by atoms with Crippen LogP contribution in [0, 0.1) is 0 Å². The summed E-state index contributed by atoms with van der Waals surface area (Å²) in [6.45, 7) is 5.48. The maximum Gasteiger partial charge on any atom is 0.415 e. The van der Waals surface area contributed by atoms with Crippen LogP contribution in [0.1, 0.15) is 26.6 Å². The number of anilines is 2. The van der Waals surface area contributed by atoms with E-state index in [4.69, 9.17) is 10.5 Å². The normalized spacial score (nSPS) is 11.1. The van der Waals surface area contributed by atoms with Gasteiger partial charge in [-0.3, -0.25) is 4.90 Å². The second-order valence-electron chi connectivity index (χ2n) is 7.16. The van der Waals surface area contributed by atoms with E-state index in [0.29, 0.717) is 23.0 Å². The highest BCUT2D eigenvalue weighted by Gasteiger charge is 2.25. The Labute approximate surface area is 163 Å². The van der Waals surface area contributed by atoms with Crippen molar-refractivity contribution in [3.8, 4) is 11.4 Å². The van der Waals surface area contributed by atoms with Crippen LogP contribution >= 0.6 is 0 Å². The Morgan fingerprint density at radius 1 is 0.964 bits per heavy atom. The molecule has 0 fully saturated rings. The molecule has 8 heteroatoms. The zero-order valence-electron chi connectivity index (χ0n) is 16.0. The van der Waals surface area contributed by atoms with Gasteiger partial charge in [-0.1, -0.05) is 30.3 Å². The lowest BCUT2D eigenvalue weighted by Crippen LogP contribution is -2.37. The highest BCUT2D eigenvalue weighted by atomic mass is 16.6. The molecule has 0 radical (unpaired) electrons. The van der Waals surface area contributed by atoms with Crippen molar-refractivity contribution < 1.29 is 9.53 Å². The van der Waals surface area contributed by atoms with Crippen molar-refractivity contribution in [1.82, 2.24) is 20.4 Å². The standard InChI is InChI=1S/C20H22N6O2/c1-20(2,3)28-19(27)26(16-11-9-15(21)10-12-16)13-17-22-24-18(25-23-17)14-7-5-4-6-8-14/h4-12H,13,21H2,1-3H3. The van der Waals surface area contributed by atoms with Gasteiger partial charge >= 0.3 is 6.09 Å². The summed E-state index contributed by atoms with van der Waals surface area (Å²) in [6.07, 6.45) is -0.520. The number of aromatic nitrogens is 4. The summed E-state index contributed by atoms with van der Waals surface area (Å²) in [5, 5.41) is 16.5. The van der Waals surface area contributed by atoms with E-state index in [1.807, 2.05) is 30.3 Å². The molecular weight excluding hydrogens is 356 g/mol. The number of amides is 1. The number of nitrogens with zero attached hydrogens (tertiary/aromatic N) is 5. The first-order chi connectivity index (χ1) is 13.3. The topological polar surface area (TPSA) is 107 Å². The highest BCUT2D eigenvalue weighted by molar-refractivity contribution is 5.87. The monoisotopic (exact) mass is 378 g/mol. The predicted octanol–water partition coefficient (Wildman–Crippen LogP) is 3.46. The number of nitrogen functional groups attached to an aromatic ring is 1. The molecule has 1 aromatic heterocycles. The average Bonchev–Trinajstić information content (AvgIpc) is 2.67. The van der Waals surface area contributed by atoms with Gasteiger partial charge in [-0.2, -0.15) is 0 Å². The summed E-state index contributed by atoms with van der Waals surface area (Å²) >= 11 is 0. The summed E-state index contributed by atoms with van der Waals surface area (Å²) in [6, 6.07) is 16.3. The Bertz CT molecular complexity index is 922. The first-order valence-electron chi connectivity index (χ1n) is 8.79. The van der Waals surface area contributed by atoms with Gasteiger partial charge in [0, 0.05) is 16.9 Å². The van der Waals surface area contributed by atoms with Gasteiger partial charge < -0.3 is 10.5 Å². The molecule has 0 spiro atoms. The largest absolute Gasteiger partial charge is 0.443 e. The van der Waals surface area contributed by atoms with Crippen molar-refractivity contribution >= 4 is 17.5 Å². The molecule has 0 aliphatic heterocycles. The minimum absolute atomic E-state index is 0.0634. The molecule has 0 aliphatic carbocycles. The quantitative estimate of drug-likeness (QED) is 0.693. The van der Waals surface area contributed by atoms with Crippen molar-refractivity contribution in [2.24, 2.45) is 0 Å². The third kappa shape index (κ3) is 5.00. The Morgan fingerprint density at radius 3 is 2.14 bits per heavy atom. The Balaban J connectivity index is 1.84. The van der Waals surface area contributed by atoms with Gasteiger partial charge in [0.1, 0.15) is 5.60 Å². The summed E-state index contributed by atoms with van der Waals surface area (Å²) < 4.78 is 5.51. The van der Waals surface area contributed by atoms with E-state index in [0.717, 1.165) is 5.56 Å². The van der Waals surface area contributed by atoms with E-state index < -0.39 is 11.7 Å². The van der Waals surface area contributed by atoms with Crippen LogP contribution in [0.2, 0.25) is 0 Å². The third-order valence-corrected chi connectivity index (χ3v) is 3.67. The van der Waals surface area contributed by atoms with E-state index in [1.165, 1.54) is 4.90 Å². The first kappa shape index (κ1) is 19.2. The van der Waals surface area contributed by atoms with E-state index in [1.54, 1.807) is 45.0 Å². The van der Waals surface area contributed by atoms with Gasteiger partial charge in [0.05, 0.1) is 6.54 Å². The molecule has 3 aromatic rings. The lowest BCUT2D eigenvalue weighted by molar-refractivity contribution is 0.0576. The Kier molecular flexibility index (Phi) is 5.49. The molecule has 28 heavy (non-hydrogen) atoms. The van der Waals surface area contributed by atoms with Crippen molar-refractivity contribution in [3.05, 3.63) is 60.4 Å². The molecule has 1 amide bonds. The van der Waals surface area contributed by atoms with Gasteiger partial charge in [0.15, 0.2) is 5.82 Å². The average molecular weight is 378 g/mol. The first-order valence-corrected chi connectivity index (χ1v) is 8.79. The van der Waals surface area contributed by atoms with Gasteiger partial charge in [-0.05, 0) is 45.0 Å². The van der Waals surface area contributed by atoms with Crippen molar-refractivity contribution in [1.29, 1.82) is 0 Å². The zero-order valence-corrected chi connectivity index (χ0v) is 16.0. The SMILES string of the molecule is CC(C)(C)OC(=O)N(Cc1nnc(-c2ccccc2)nn1)c1ccc(N)cc1. The molecule has 0 saturated heterocycles. The fraction of sp³-hybridized carbons (Fsp3) is 0.250. The van der Waals surface area contributed by atoms with Gasteiger partial charge in [0.25, 0.3) is 0 Å². The maximum absolute atomic E-state index is 12.7. The fourth-order valence-electron chi connectivity index (χ4n) is 2.39. The second-order valence-corrected chi connectivity index (χ2v) is 7.16. The summed E-state index contributed by atoms with van der Waals surface area (Å²) in [4.78, 5) is 14.1. The maximum atomic E-state index is 12.7. The van der Waals surface area contributed by atoms with Gasteiger partial charge in [-0.15, -0.1) is 20.4 Å². The van der Waals surface area contributed by atoms with Crippen LogP contribution in [-0.2, 0) is 11.3 Å². The molecule has 3 rings (SSSR count). The van der Waals surface area contributed by atoms with Gasteiger partial charge in [-0.25, -0.2) is 4.79 Å². The Hall–Kier alpha value is -3.55. The number of benzene rings is 2. The van der Waals surface area contributed by atoms with E-state index in [9.17, 15) is 4.79 Å². The third-order valence-electron chi connectivity index (χ3n) is 3.67. The lowest BCUT2D eigenvalue weighted by Gasteiger charge is -2.27. The van der Waals surface area contributed by atoms with Crippen molar-refractivity contribution in [2.75, 3.05) is 10.6 Å². The van der Waals surface area contributed by atoms with Crippen LogP contribution in [0.4, 0.5) is 16.2 Å². The number of nitrogens with two attached hydrogens (primary N) is 1. The van der Waals surface area contributed by atoms with Gasteiger partial charge in [0.2, 0.25) is 5.82 Å². The summed E-state index contributed by atoms with van der Waals surface area (Å²) in [7, 11) is 0. The molecular formula is C20H22N6O2. The van der Waals surface area contributed by atoms with Crippen molar-refractivity contribution in [2.45, 2.75) is 32.9 Å². The van der Waals surface area contributed by atoms with Crippen LogP contribution in [0.3, 0.4) is 0 Å². The molecule has 0 bridgehead atoms. The van der Waals surface area contributed by atoms with Crippen LogP contribution in [0.25, 0.3) is 11.4 Å². The smallest absolute Gasteiger partial charge is 0.415 e. The molecule has 0 atom stereocenters. The van der Waals surface area contributed by atoms with Crippen LogP contribution < -0.4 is 10.6 Å². The zero-order chi connectivity index (χ0) is 20.1. The molecule has 0 unspecified atom stereocenters. The number of carbonyl (C=O) groups is 1. The lowest BCUT2D eigenvalue weighted by atomic mass is 10.2. The van der Waals surface area contributed by atoms with Crippen LogP contribution in [0.15, 0.2) is 54.6 Å². The van der Waals surface area contributed by atoms with Crippen LogP contribution in [-0.4, -0.2) is 32.1 Å². The molecule has 0 aliphatic rings. The number of hydrogen-bond donors (Lipinski definition) is 1. The Morgan fingerprint density at radius 2 is 1.57 bits per heavy atom. The van der Waals surface area contributed by atoms with E-state index >= 15 is 0 Å². The predicted molar refractivity (Wildman–Crippen MR) is 106 cm³/mol. The molecule has 2 aromatic carbocycles. The van der Waals surface area contributed by atoms with Crippen LogP contribution in [0.5, 0.6) is 0 Å². The molecule has 1 heterocycles. The summed E-state index contributed by atoms with van der Waals surface area (Å²) in [5.41, 5.74) is 7.13. The number of carbonyl (C=O) groups excluding carboxylic acids is 1.